The third-order valence-corrected chi connectivity index (χ3v) is 5.03. The highest BCUT2D eigenvalue weighted by Gasteiger charge is 2.22. The first-order chi connectivity index (χ1) is 13.8. The summed E-state index contributed by atoms with van der Waals surface area (Å²) in [5, 5.41) is 4.27. The van der Waals surface area contributed by atoms with Gasteiger partial charge in [0, 0.05) is 6.54 Å². The van der Waals surface area contributed by atoms with E-state index in [1.54, 1.807) is 0 Å². The van der Waals surface area contributed by atoms with Gasteiger partial charge in [-0.25, -0.2) is 4.68 Å². The van der Waals surface area contributed by atoms with Gasteiger partial charge >= 0.3 is 0 Å². The Balaban J connectivity index is 2.16. The van der Waals surface area contributed by atoms with Crippen LogP contribution >= 0.6 is 11.6 Å². The summed E-state index contributed by atoms with van der Waals surface area (Å²) < 4.78 is 13.3. The summed E-state index contributed by atoms with van der Waals surface area (Å²) in [5.74, 6) is 0.262. The Morgan fingerprint density at radius 1 is 1.17 bits per heavy atom. The minimum absolute atomic E-state index is 0.0268. The minimum Gasteiger partial charge on any atom is -0.480 e. The summed E-state index contributed by atoms with van der Waals surface area (Å²) in [6.45, 7) is 13.8. The van der Waals surface area contributed by atoms with Gasteiger partial charge in [0.25, 0.3) is 5.56 Å². The van der Waals surface area contributed by atoms with Crippen LogP contribution in [0.3, 0.4) is 0 Å². The van der Waals surface area contributed by atoms with Crippen LogP contribution in [0.25, 0.3) is 0 Å². The molecule has 0 spiro atoms. The topological polar surface area (TPSA) is 56.6 Å². The van der Waals surface area contributed by atoms with Gasteiger partial charge in [0.2, 0.25) is 0 Å². The van der Waals surface area contributed by atoms with Gasteiger partial charge < -0.3 is 14.4 Å². The normalized spacial score (nSPS) is 12.9. The van der Waals surface area contributed by atoms with Crippen LogP contribution in [0.4, 0.5) is 0 Å². The summed E-state index contributed by atoms with van der Waals surface area (Å²) in [6.07, 6.45) is 1.11. The zero-order valence-electron chi connectivity index (χ0n) is 18.0. The number of rotatable bonds is 10. The Morgan fingerprint density at radius 3 is 2.41 bits per heavy atom. The van der Waals surface area contributed by atoms with Gasteiger partial charge in [0.1, 0.15) is 6.10 Å². The van der Waals surface area contributed by atoms with Crippen molar-refractivity contribution >= 4 is 11.6 Å². The van der Waals surface area contributed by atoms with Crippen LogP contribution in [0.1, 0.15) is 46.3 Å². The van der Waals surface area contributed by atoms with Crippen molar-refractivity contribution in [2.45, 2.75) is 46.3 Å². The number of nitrogens with zero attached hydrogens (tertiary/aromatic N) is 3. The van der Waals surface area contributed by atoms with Crippen LogP contribution < -0.4 is 10.3 Å². The van der Waals surface area contributed by atoms with Gasteiger partial charge in [0.05, 0.1) is 24.9 Å². The van der Waals surface area contributed by atoms with Gasteiger partial charge in [-0.15, -0.1) is 0 Å². The molecular formula is C22H32ClN3O3. The molecule has 0 aliphatic rings. The minimum atomic E-state index is -0.467. The van der Waals surface area contributed by atoms with E-state index >= 15 is 0 Å². The lowest BCUT2D eigenvalue weighted by molar-refractivity contribution is 0.0388. The van der Waals surface area contributed by atoms with Crippen molar-refractivity contribution < 1.29 is 9.47 Å². The summed E-state index contributed by atoms with van der Waals surface area (Å²) >= 11 is 6.33. The van der Waals surface area contributed by atoms with E-state index in [2.05, 4.69) is 23.8 Å². The molecule has 0 aliphatic carbocycles. The molecule has 1 atom stereocenters. The van der Waals surface area contributed by atoms with E-state index in [0.29, 0.717) is 13.2 Å². The fraction of sp³-hybridized carbons (Fsp3) is 0.545. The first kappa shape index (κ1) is 23.4. The van der Waals surface area contributed by atoms with Crippen molar-refractivity contribution in [3.8, 4) is 5.75 Å². The average molecular weight is 422 g/mol. The number of aromatic nitrogens is 2. The molecule has 1 heterocycles. The quantitative estimate of drug-likeness (QED) is 0.540. The van der Waals surface area contributed by atoms with Gasteiger partial charge in [-0.3, -0.25) is 4.79 Å². The van der Waals surface area contributed by atoms with Crippen LogP contribution in [0.2, 0.25) is 5.02 Å². The van der Waals surface area contributed by atoms with Crippen LogP contribution in [0, 0.1) is 0 Å². The van der Waals surface area contributed by atoms with Gasteiger partial charge in [-0.1, -0.05) is 55.8 Å². The molecule has 0 N–H and O–H groups in total. The first-order valence-electron chi connectivity index (χ1n) is 10.1. The Morgan fingerprint density at radius 2 is 1.83 bits per heavy atom. The van der Waals surface area contributed by atoms with Crippen molar-refractivity contribution in [2.75, 3.05) is 32.8 Å². The second kappa shape index (κ2) is 10.8. The molecule has 0 fully saturated rings. The molecule has 0 saturated heterocycles. The van der Waals surface area contributed by atoms with E-state index in [1.165, 1.54) is 10.9 Å². The zero-order chi connectivity index (χ0) is 21.4. The summed E-state index contributed by atoms with van der Waals surface area (Å²) in [5.41, 5.74) is 0.114. The molecule has 2 aromatic rings. The zero-order valence-corrected chi connectivity index (χ0v) is 18.8. The van der Waals surface area contributed by atoms with Gasteiger partial charge in [-0.05, 0) is 39.4 Å². The molecule has 6 nitrogen and oxygen atoms in total. The van der Waals surface area contributed by atoms with E-state index in [4.69, 9.17) is 21.1 Å². The second-order valence-corrected chi connectivity index (χ2v) is 8.21. The molecule has 29 heavy (non-hydrogen) atoms. The number of halogens is 1. The Bertz CT molecular complexity index is 814. The molecule has 1 unspecified atom stereocenters. The average Bonchev–Trinajstić information content (AvgIpc) is 2.70. The van der Waals surface area contributed by atoms with E-state index < -0.39 is 11.6 Å². The van der Waals surface area contributed by atoms with Crippen molar-refractivity contribution in [1.29, 1.82) is 0 Å². The lowest BCUT2D eigenvalue weighted by Gasteiger charge is -2.24. The molecule has 2 rings (SSSR count). The molecular weight excluding hydrogens is 390 g/mol. The highest BCUT2D eigenvalue weighted by molar-refractivity contribution is 6.31. The van der Waals surface area contributed by atoms with Crippen molar-refractivity contribution in [3.05, 3.63) is 57.5 Å². The lowest BCUT2D eigenvalue weighted by atomic mass is 10.1. The largest absolute Gasteiger partial charge is 0.480 e. The molecule has 0 aliphatic heterocycles. The van der Waals surface area contributed by atoms with E-state index in [9.17, 15) is 4.79 Å². The molecule has 0 saturated carbocycles. The highest BCUT2D eigenvalue weighted by Crippen LogP contribution is 2.27. The van der Waals surface area contributed by atoms with Gasteiger partial charge in [0.15, 0.2) is 10.8 Å². The summed E-state index contributed by atoms with van der Waals surface area (Å²) in [7, 11) is 0. The molecule has 1 aromatic carbocycles. The number of hydrogen-bond acceptors (Lipinski definition) is 5. The van der Waals surface area contributed by atoms with Crippen molar-refractivity contribution in [3.63, 3.8) is 0 Å². The van der Waals surface area contributed by atoms with Gasteiger partial charge in [-0.2, -0.15) is 5.10 Å². The fourth-order valence-corrected chi connectivity index (χ4v) is 3.09. The van der Waals surface area contributed by atoms with Crippen molar-refractivity contribution in [1.82, 2.24) is 14.7 Å². The van der Waals surface area contributed by atoms with Crippen LogP contribution in [0.5, 0.6) is 5.75 Å². The van der Waals surface area contributed by atoms with E-state index in [-0.39, 0.29) is 16.3 Å². The third-order valence-electron chi connectivity index (χ3n) is 4.68. The maximum atomic E-state index is 12.6. The predicted molar refractivity (Wildman–Crippen MR) is 117 cm³/mol. The molecule has 0 bridgehead atoms. The SMILES string of the molecule is CCN(CC)CCOCC(Oc1cnn(C(C)(C)C)c(=O)c1Cl)c1ccccc1. The lowest BCUT2D eigenvalue weighted by Crippen LogP contribution is -2.36. The molecule has 7 heteroatoms. The van der Waals surface area contributed by atoms with Crippen molar-refractivity contribution in [2.24, 2.45) is 0 Å². The Labute approximate surface area is 178 Å². The molecule has 0 radical (unpaired) electrons. The molecule has 160 valence electrons. The second-order valence-electron chi connectivity index (χ2n) is 7.83. The first-order valence-corrected chi connectivity index (χ1v) is 10.5. The van der Waals surface area contributed by atoms with Crippen LogP contribution in [0.15, 0.2) is 41.3 Å². The molecule has 1 aromatic heterocycles. The maximum absolute atomic E-state index is 12.6. The number of hydrogen-bond donors (Lipinski definition) is 0. The maximum Gasteiger partial charge on any atom is 0.289 e. The smallest absolute Gasteiger partial charge is 0.289 e. The van der Waals surface area contributed by atoms with Crippen LogP contribution in [-0.2, 0) is 10.3 Å². The standard InChI is InChI=1S/C22H32ClN3O3/c1-6-25(7-2)13-14-28-16-19(17-11-9-8-10-12-17)29-18-15-24-26(22(3,4)5)21(27)20(18)23/h8-12,15,19H,6-7,13-14,16H2,1-5H3. The highest BCUT2D eigenvalue weighted by atomic mass is 35.5. The number of ether oxygens (including phenoxy) is 2. The number of likely N-dealkylation sites (N-methyl/N-ethyl adjacent to an activating group) is 1. The monoisotopic (exact) mass is 421 g/mol. The summed E-state index contributed by atoms with van der Waals surface area (Å²) in [4.78, 5) is 14.9. The van der Waals surface area contributed by atoms with E-state index in [1.807, 2.05) is 51.1 Å². The fourth-order valence-electron chi connectivity index (χ4n) is 2.92. The van der Waals surface area contributed by atoms with Crippen LogP contribution in [-0.4, -0.2) is 47.5 Å². The third kappa shape index (κ3) is 6.56. The predicted octanol–water partition coefficient (Wildman–Crippen LogP) is 4.13. The van der Waals surface area contributed by atoms with E-state index in [0.717, 1.165) is 25.2 Å². The Kier molecular flexibility index (Phi) is 8.68. The number of benzene rings is 1. The Hall–Kier alpha value is -1.89. The summed E-state index contributed by atoms with van der Waals surface area (Å²) in [6, 6.07) is 9.77. The molecule has 0 amide bonds.